The molecule has 0 N–H and O–H groups in total. The van der Waals surface area contributed by atoms with E-state index in [1.54, 1.807) is 54.6 Å². The summed E-state index contributed by atoms with van der Waals surface area (Å²) in [5.41, 5.74) is 1.92. The number of hydrogen-bond acceptors (Lipinski definition) is 5. The highest BCUT2D eigenvalue weighted by molar-refractivity contribution is 6.33. The van der Waals surface area contributed by atoms with Crippen molar-refractivity contribution in [2.45, 2.75) is 0 Å². The highest BCUT2D eigenvalue weighted by Crippen LogP contribution is 2.24. The van der Waals surface area contributed by atoms with E-state index in [2.05, 4.69) is 4.99 Å². The molecule has 1 aliphatic rings. The number of nitrogens with zero attached hydrogens (tertiary/aromatic N) is 1. The number of hydrogen-bond donors (Lipinski definition) is 0. The van der Waals surface area contributed by atoms with E-state index < -0.39 is 11.9 Å². The first-order valence-corrected chi connectivity index (χ1v) is 10.5. The van der Waals surface area contributed by atoms with Crippen LogP contribution in [0.15, 0.2) is 102 Å². The van der Waals surface area contributed by atoms with Crippen molar-refractivity contribution in [2.24, 2.45) is 4.99 Å². The summed E-state index contributed by atoms with van der Waals surface area (Å²) in [4.78, 5) is 29.0. The number of carbonyl (C=O) groups is 2. The molecule has 0 aromatic heterocycles. The van der Waals surface area contributed by atoms with Crippen LogP contribution in [0.5, 0.6) is 5.75 Å². The number of aliphatic imine (C=N–C) groups is 1. The lowest BCUT2D eigenvalue weighted by Gasteiger charge is -2.06. The van der Waals surface area contributed by atoms with E-state index in [9.17, 15) is 9.59 Å². The average molecular weight is 454 g/mol. The van der Waals surface area contributed by atoms with E-state index >= 15 is 0 Å². The third-order valence-electron chi connectivity index (χ3n) is 5.10. The Hall–Kier alpha value is -4.22. The van der Waals surface area contributed by atoms with Gasteiger partial charge in [0.25, 0.3) is 0 Å². The molecule has 33 heavy (non-hydrogen) atoms. The van der Waals surface area contributed by atoms with E-state index in [0.717, 1.165) is 16.3 Å². The first kappa shape index (κ1) is 20.7. The average Bonchev–Trinajstić information content (AvgIpc) is 3.20. The molecule has 0 spiro atoms. The smallest absolute Gasteiger partial charge is 0.363 e. The summed E-state index contributed by atoms with van der Waals surface area (Å²) < 4.78 is 10.8. The zero-order valence-electron chi connectivity index (χ0n) is 17.2. The molecule has 0 fully saturated rings. The second-order valence-electron chi connectivity index (χ2n) is 7.34. The number of ether oxygens (including phenoxy) is 2. The van der Waals surface area contributed by atoms with Crippen molar-refractivity contribution in [1.29, 1.82) is 0 Å². The quantitative estimate of drug-likeness (QED) is 0.214. The van der Waals surface area contributed by atoms with Crippen molar-refractivity contribution in [3.05, 3.63) is 118 Å². The highest BCUT2D eigenvalue weighted by atomic mass is 35.5. The van der Waals surface area contributed by atoms with Gasteiger partial charge in [0, 0.05) is 5.56 Å². The molecule has 1 heterocycles. The summed E-state index contributed by atoms with van der Waals surface area (Å²) in [7, 11) is 0. The molecule has 4 aromatic carbocycles. The highest BCUT2D eigenvalue weighted by Gasteiger charge is 2.24. The van der Waals surface area contributed by atoms with Crippen LogP contribution in [0.1, 0.15) is 21.5 Å². The molecule has 0 unspecified atom stereocenters. The largest absolute Gasteiger partial charge is 0.423 e. The van der Waals surface area contributed by atoms with Crippen LogP contribution in [0.2, 0.25) is 5.02 Å². The number of rotatable bonds is 4. The van der Waals surface area contributed by atoms with Crippen LogP contribution >= 0.6 is 11.6 Å². The zero-order chi connectivity index (χ0) is 22.8. The molecule has 0 saturated carbocycles. The number of carbonyl (C=O) groups excluding carboxylic acids is 2. The second kappa shape index (κ2) is 8.73. The summed E-state index contributed by atoms with van der Waals surface area (Å²) in [6.07, 6.45) is 1.62. The van der Waals surface area contributed by atoms with Crippen molar-refractivity contribution in [2.75, 3.05) is 0 Å². The van der Waals surface area contributed by atoms with Gasteiger partial charge in [-0.05, 0) is 58.8 Å². The Balaban J connectivity index is 1.34. The Morgan fingerprint density at radius 2 is 1.61 bits per heavy atom. The Bertz CT molecular complexity index is 1450. The van der Waals surface area contributed by atoms with E-state index in [1.165, 1.54) is 0 Å². The van der Waals surface area contributed by atoms with Crippen molar-refractivity contribution in [1.82, 2.24) is 0 Å². The molecule has 1 aliphatic heterocycles. The predicted octanol–water partition coefficient (Wildman–Crippen LogP) is 6.06. The fourth-order valence-electron chi connectivity index (χ4n) is 3.43. The number of esters is 2. The molecule has 0 amide bonds. The maximum atomic E-state index is 12.3. The van der Waals surface area contributed by atoms with Gasteiger partial charge in [-0.25, -0.2) is 14.6 Å². The van der Waals surface area contributed by atoms with Crippen molar-refractivity contribution in [3.63, 3.8) is 0 Å². The molecule has 0 bridgehead atoms. The monoisotopic (exact) mass is 453 g/mol. The topological polar surface area (TPSA) is 65.0 Å². The maximum Gasteiger partial charge on any atom is 0.363 e. The lowest BCUT2D eigenvalue weighted by molar-refractivity contribution is -0.129. The van der Waals surface area contributed by atoms with Gasteiger partial charge < -0.3 is 9.47 Å². The van der Waals surface area contributed by atoms with E-state index in [1.807, 2.05) is 42.5 Å². The molecular weight excluding hydrogens is 438 g/mol. The van der Waals surface area contributed by atoms with Gasteiger partial charge in [0.1, 0.15) is 5.75 Å². The number of benzene rings is 4. The van der Waals surface area contributed by atoms with Gasteiger partial charge >= 0.3 is 11.9 Å². The van der Waals surface area contributed by atoms with Crippen molar-refractivity contribution >= 4 is 46.3 Å². The van der Waals surface area contributed by atoms with Crippen LogP contribution in [0.4, 0.5) is 0 Å². The second-order valence-corrected chi connectivity index (χ2v) is 7.74. The Labute approximate surface area is 194 Å². The van der Waals surface area contributed by atoms with Crippen molar-refractivity contribution in [3.8, 4) is 5.75 Å². The fourth-order valence-corrected chi connectivity index (χ4v) is 3.65. The molecule has 4 aromatic rings. The normalized spacial score (nSPS) is 14.3. The minimum Gasteiger partial charge on any atom is -0.423 e. The first-order chi connectivity index (χ1) is 16.1. The summed E-state index contributed by atoms with van der Waals surface area (Å²) in [5.74, 6) is -0.443. The minimum atomic E-state index is -0.546. The number of fused-ring (bicyclic) bond motifs is 1. The Morgan fingerprint density at radius 3 is 2.39 bits per heavy atom. The Kier molecular flexibility index (Phi) is 5.47. The van der Waals surface area contributed by atoms with Gasteiger partial charge in [-0.2, -0.15) is 0 Å². The van der Waals surface area contributed by atoms with Crippen molar-refractivity contribution < 1.29 is 19.1 Å². The van der Waals surface area contributed by atoms with Crippen LogP contribution < -0.4 is 4.74 Å². The molecule has 6 heteroatoms. The van der Waals surface area contributed by atoms with Crippen LogP contribution in [0.25, 0.3) is 16.8 Å². The third-order valence-corrected chi connectivity index (χ3v) is 5.43. The van der Waals surface area contributed by atoms with Crippen LogP contribution in [0.3, 0.4) is 0 Å². The lowest BCUT2D eigenvalue weighted by Crippen LogP contribution is -2.08. The number of halogens is 1. The molecular formula is C27H16ClNO4. The standard InChI is InChI=1S/C27H16ClNO4/c28-23-8-4-3-7-22(23)26(30)32-21-13-9-17(10-14-21)15-24-27(31)33-25(29-24)20-12-11-18-5-1-2-6-19(18)16-20/h1-16H/b24-15-. The summed E-state index contributed by atoms with van der Waals surface area (Å²) in [6.45, 7) is 0. The lowest BCUT2D eigenvalue weighted by atomic mass is 10.1. The van der Waals surface area contributed by atoms with E-state index in [4.69, 9.17) is 21.1 Å². The van der Waals surface area contributed by atoms with Gasteiger partial charge in [-0.15, -0.1) is 0 Å². The summed E-state index contributed by atoms with van der Waals surface area (Å²) in [5, 5.41) is 2.45. The Morgan fingerprint density at radius 1 is 0.879 bits per heavy atom. The zero-order valence-corrected chi connectivity index (χ0v) is 18.0. The molecule has 5 rings (SSSR count). The van der Waals surface area contributed by atoms with Gasteiger partial charge in [0.15, 0.2) is 5.70 Å². The third kappa shape index (κ3) is 4.40. The fraction of sp³-hybridized carbons (Fsp3) is 0. The molecule has 0 aliphatic carbocycles. The van der Waals surface area contributed by atoms with E-state index in [-0.39, 0.29) is 17.2 Å². The predicted molar refractivity (Wildman–Crippen MR) is 127 cm³/mol. The summed E-state index contributed by atoms with van der Waals surface area (Å²) >= 11 is 6.04. The minimum absolute atomic E-state index is 0.193. The number of cyclic esters (lactones) is 1. The summed E-state index contributed by atoms with van der Waals surface area (Å²) in [6, 6.07) is 27.1. The van der Waals surface area contributed by atoms with Gasteiger partial charge in [0.05, 0.1) is 10.6 Å². The van der Waals surface area contributed by atoms with Crippen LogP contribution in [0, 0.1) is 0 Å². The molecule has 0 atom stereocenters. The van der Waals surface area contributed by atoms with Gasteiger partial charge in [-0.3, -0.25) is 0 Å². The van der Waals surface area contributed by atoms with Crippen LogP contribution in [-0.2, 0) is 9.53 Å². The maximum absolute atomic E-state index is 12.3. The van der Waals surface area contributed by atoms with Gasteiger partial charge in [0.2, 0.25) is 5.90 Å². The molecule has 5 nitrogen and oxygen atoms in total. The molecule has 160 valence electrons. The SMILES string of the molecule is O=C1OC(c2ccc3ccccc3c2)=N/C1=C\c1ccc(OC(=O)c2ccccc2Cl)cc1. The van der Waals surface area contributed by atoms with Crippen LogP contribution in [-0.4, -0.2) is 17.8 Å². The first-order valence-electron chi connectivity index (χ1n) is 10.2. The molecule has 0 radical (unpaired) electrons. The van der Waals surface area contributed by atoms with E-state index in [0.29, 0.717) is 16.3 Å². The van der Waals surface area contributed by atoms with Gasteiger partial charge in [-0.1, -0.05) is 66.2 Å². The molecule has 0 saturated heterocycles.